The molecule has 0 radical (unpaired) electrons. The van der Waals surface area contributed by atoms with Crippen molar-refractivity contribution >= 4 is 37.4 Å². The van der Waals surface area contributed by atoms with Gasteiger partial charge in [-0.1, -0.05) is 11.6 Å². The molecule has 0 unspecified atom stereocenters. The van der Waals surface area contributed by atoms with E-state index in [4.69, 9.17) is 21.9 Å². The van der Waals surface area contributed by atoms with Crippen LogP contribution in [0.2, 0.25) is 5.02 Å². The Morgan fingerprint density at radius 2 is 1.85 bits per heavy atom. The summed E-state index contributed by atoms with van der Waals surface area (Å²) in [7, 11) is -8.08. The molecule has 8 nitrogen and oxygen atoms in total. The number of benzene rings is 1. The molecule has 1 aromatic rings. The van der Waals surface area contributed by atoms with E-state index in [1.54, 1.807) is 0 Å². The Hall–Kier alpha value is -1.07. The van der Waals surface area contributed by atoms with Crippen molar-refractivity contribution in [3.05, 3.63) is 17.2 Å². The van der Waals surface area contributed by atoms with Crippen LogP contribution in [-0.2, 0) is 20.1 Å². The van der Waals surface area contributed by atoms with Crippen LogP contribution in [0.4, 0.5) is 5.69 Å². The van der Waals surface area contributed by atoms with E-state index in [0.717, 1.165) is 12.1 Å². The van der Waals surface area contributed by atoms with Crippen molar-refractivity contribution in [2.45, 2.75) is 11.3 Å². The van der Waals surface area contributed by atoms with Crippen LogP contribution in [0.15, 0.2) is 17.0 Å². The molecule has 0 saturated carbocycles. The lowest BCUT2D eigenvalue weighted by molar-refractivity contribution is 0.477. The Morgan fingerprint density at radius 1 is 1.25 bits per heavy atom. The van der Waals surface area contributed by atoms with Crippen LogP contribution in [0, 0.1) is 0 Å². The molecule has 11 heteroatoms. The average Bonchev–Trinajstić information content (AvgIpc) is 2.30. The molecule has 0 bridgehead atoms. The third-order valence-corrected chi connectivity index (χ3v) is 4.78. The number of rotatable bonds is 6. The number of phenols is 1. The summed E-state index contributed by atoms with van der Waals surface area (Å²) in [6.45, 7) is -0.194. The number of nitrogen functional groups attached to an aromatic ring is 1. The number of nitrogens with one attached hydrogen (secondary N) is 1. The van der Waals surface area contributed by atoms with Gasteiger partial charge in [0.1, 0.15) is 0 Å². The Labute approximate surface area is 121 Å². The number of aromatic hydroxyl groups is 1. The third-order valence-electron chi connectivity index (χ3n) is 2.25. The third kappa shape index (κ3) is 4.80. The van der Waals surface area contributed by atoms with Crippen molar-refractivity contribution in [3.8, 4) is 5.75 Å². The maximum absolute atomic E-state index is 11.9. The van der Waals surface area contributed by atoms with Gasteiger partial charge in [-0.3, -0.25) is 4.55 Å². The molecule has 114 valence electrons. The standard InChI is InChI=1S/C9H13ClN2O6S2/c10-7-4-6(5-8(11)9(7)13)20(17,18)12-2-1-3-19(14,15)16/h4-5,12-13H,1-3,11H2,(H,14,15,16). The minimum atomic E-state index is -4.13. The molecule has 0 fully saturated rings. The zero-order valence-electron chi connectivity index (χ0n) is 10.1. The van der Waals surface area contributed by atoms with Crippen LogP contribution in [-0.4, -0.2) is 38.8 Å². The normalized spacial score (nSPS) is 12.5. The van der Waals surface area contributed by atoms with E-state index < -0.39 is 31.6 Å². The number of sulfonamides is 1. The molecule has 5 N–H and O–H groups in total. The highest BCUT2D eigenvalue weighted by molar-refractivity contribution is 7.89. The van der Waals surface area contributed by atoms with Gasteiger partial charge in [-0.05, 0) is 18.6 Å². The molecule has 1 rings (SSSR count). The summed E-state index contributed by atoms with van der Waals surface area (Å²) in [5.74, 6) is -0.981. The maximum atomic E-state index is 11.9. The number of anilines is 1. The van der Waals surface area contributed by atoms with Gasteiger partial charge in [0.05, 0.1) is 21.4 Å². The van der Waals surface area contributed by atoms with E-state index in [0.29, 0.717) is 0 Å². The van der Waals surface area contributed by atoms with Crippen LogP contribution >= 0.6 is 11.6 Å². The SMILES string of the molecule is Nc1cc(S(=O)(=O)NCCCS(=O)(=O)O)cc(Cl)c1O. The summed E-state index contributed by atoms with van der Waals surface area (Å²) in [4.78, 5) is -0.260. The van der Waals surface area contributed by atoms with E-state index in [-0.39, 0.29) is 28.6 Å². The summed E-state index contributed by atoms with van der Waals surface area (Å²) in [5, 5.41) is 9.11. The van der Waals surface area contributed by atoms with Gasteiger partial charge in [0.2, 0.25) is 10.0 Å². The summed E-state index contributed by atoms with van der Waals surface area (Å²) in [5.41, 5.74) is 5.19. The van der Waals surface area contributed by atoms with Crippen molar-refractivity contribution in [2.24, 2.45) is 0 Å². The van der Waals surface area contributed by atoms with Gasteiger partial charge in [0.25, 0.3) is 10.1 Å². The first-order chi connectivity index (χ1) is 9.03. The molecule has 0 saturated heterocycles. The van der Waals surface area contributed by atoms with Gasteiger partial charge in [-0.15, -0.1) is 0 Å². The van der Waals surface area contributed by atoms with Crippen LogP contribution < -0.4 is 10.5 Å². The summed E-state index contributed by atoms with van der Waals surface area (Å²) < 4.78 is 55.3. The molecular formula is C9H13ClN2O6S2. The van der Waals surface area contributed by atoms with Crippen molar-refractivity contribution < 1.29 is 26.5 Å². The summed E-state index contributed by atoms with van der Waals surface area (Å²) in [6.07, 6.45) is -0.0979. The van der Waals surface area contributed by atoms with Crippen molar-refractivity contribution in [3.63, 3.8) is 0 Å². The average molecular weight is 345 g/mol. The van der Waals surface area contributed by atoms with Gasteiger partial charge in [-0.2, -0.15) is 8.42 Å². The number of hydrogen-bond acceptors (Lipinski definition) is 6. The fraction of sp³-hybridized carbons (Fsp3) is 0.333. The highest BCUT2D eigenvalue weighted by Crippen LogP contribution is 2.32. The molecule has 0 aliphatic carbocycles. The topological polar surface area (TPSA) is 147 Å². The molecule has 20 heavy (non-hydrogen) atoms. The first-order valence-corrected chi connectivity index (χ1v) is 8.73. The van der Waals surface area contributed by atoms with Crippen molar-refractivity contribution in [1.29, 1.82) is 0 Å². The molecule has 0 aliphatic rings. The van der Waals surface area contributed by atoms with Gasteiger partial charge in [-0.25, -0.2) is 13.1 Å². The fourth-order valence-corrected chi connectivity index (χ4v) is 3.23. The Balaban J connectivity index is 2.80. The first kappa shape index (κ1) is 17.0. The van der Waals surface area contributed by atoms with Crippen LogP contribution in [0.3, 0.4) is 0 Å². The summed E-state index contributed by atoms with van der Waals surface area (Å²) >= 11 is 5.61. The zero-order chi connectivity index (χ0) is 15.6. The monoisotopic (exact) mass is 344 g/mol. The van der Waals surface area contributed by atoms with Gasteiger partial charge in [0, 0.05) is 6.54 Å². The molecule has 0 heterocycles. The van der Waals surface area contributed by atoms with E-state index in [9.17, 15) is 21.9 Å². The van der Waals surface area contributed by atoms with Crippen LogP contribution in [0.25, 0.3) is 0 Å². The van der Waals surface area contributed by atoms with E-state index in [2.05, 4.69) is 4.72 Å². The van der Waals surface area contributed by atoms with E-state index >= 15 is 0 Å². The zero-order valence-corrected chi connectivity index (χ0v) is 12.5. The molecule has 0 atom stereocenters. The largest absolute Gasteiger partial charge is 0.504 e. The Bertz CT molecular complexity index is 678. The summed E-state index contributed by atoms with van der Waals surface area (Å²) in [6, 6.07) is 2.03. The number of nitrogens with two attached hydrogens (primary N) is 1. The Morgan fingerprint density at radius 3 is 2.35 bits per heavy atom. The number of phenolic OH excluding ortho intramolecular Hbond substituents is 1. The van der Waals surface area contributed by atoms with Gasteiger partial charge >= 0.3 is 0 Å². The van der Waals surface area contributed by atoms with Crippen molar-refractivity contribution in [1.82, 2.24) is 4.72 Å². The second-order valence-electron chi connectivity index (χ2n) is 3.88. The lowest BCUT2D eigenvalue weighted by atomic mass is 10.3. The lowest BCUT2D eigenvalue weighted by Gasteiger charge is -2.09. The highest BCUT2D eigenvalue weighted by Gasteiger charge is 2.17. The number of halogens is 1. The van der Waals surface area contributed by atoms with E-state index in [1.807, 2.05) is 0 Å². The predicted molar refractivity (Wildman–Crippen MR) is 73.8 cm³/mol. The minimum absolute atomic E-state index is 0.0979. The van der Waals surface area contributed by atoms with Gasteiger partial charge < -0.3 is 10.8 Å². The molecule has 0 aromatic heterocycles. The number of hydrogen-bond donors (Lipinski definition) is 4. The van der Waals surface area contributed by atoms with Crippen LogP contribution in [0.5, 0.6) is 5.75 Å². The smallest absolute Gasteiger partial charge is 0.264 e. The molecule has 0 aliphatic heterocycles. The minimum Gasteiger partial charge on any atom is -0.504 e. The second-order valence-corrected chi connectivity index (χ2v) is 7.63. The second kappa shape index (κ2) is 6.14. The van der Waals surface area contributed by atoms with Gasteiger partial charge in [0.15, 0.2) is 5.75 Å². The molecular weight excluding hydrogens is 332 g/mol. The van der Waals surface area contributed by atoms with Crippen molar-refractivity contribution in [2.75, 3.05) is 18.0 Å². The highest BCUT2D eigenvalue weighted by atomic mass is 35.5. The maximum Gasteiger partial charge on any atom is 0.264 e. The quantitative estimate of drug-likeness (QED) is 0.249. The van der Waals surface area contributed by atoms with E-state index in [1.165, 1.54) is 0 Å². The molecule has 0 spiro atoms. The molecule has 0 amide bonds. The molecule has 1 aromatic carbocycles. The van der Waals surface area contributed by atoms with Crippen LogP contribution in [0.1, 0.15) is 6.42 Å². The lowest BCUT2D eigenvalue weighted by Crippen LogP contribution is -2.26. The fourth-order valence-electron chi connectivity index (χ4n) is 1.29. The Kier molecular flexibility index (Phi) is 5.21. The first-order valence-electron chi connectivity index (χ1n) is 5.26. The predicted octanol–water partition coefficient (Wildman–Crippen LogP) is 0.184.